The fourth-order valence-electron chi connectivity index (χ4n) is 1.29. The highest BCUT2D eigenvalue weighted by atomic mass is 32.3. The Morgan fingerprint density at radius 3 is 2.50 bits per heavy atom. The fraction of sp³-hybridized carbons (Fsp3) is 0.308. The van der Waals surface area contributed by atoms with E-state index in [9.17, 15) is 13.2 Å². The highest BCUT2D eigenvalue weighted by molar-refractivity contribution is 7.81. The standard InChI is InChI=1S/C13H16O6S/c1-2-3-10-18-13(14)9-6-11-4-7-12(8-5-11)19-20(15,16)17/h4-9H,2-3,10H2,1H3,(H,15,16,17)/b9-6+. The predicted molar refractivity (Wildman–Crippen MR) is 73.5 cm³/mol. The van der Waals surface area contributed by atoms with Crippen LogP contribution in [-0.2, 0) is 19.9 Å². The molecule has 0 aliphatic carbocycles. The molecule has 0 aromatic heterocycles. The van der Waals surface area contributed by atoms with Crippen molar-refractivity contribution in [2.45, 2.75) is 19.8 Å². The maximum atomic E-state index is 11.3. The average molecular weight is 300 g/mol. The van der Waals surface area contributed by atoms with E-state index in [1.807, 2.05) is 6.92 Å². The van der Waals surface area contributed by atoms with Gasteiger partial charge in [-0.2, -0.15) is 8.42 Å². The van der Waals surface area contributed by atoms with Crippen molar-refractivity contribution in [3.63, 3.8) is 0 Å². The minimum absolute atomic E-state index is 0.0184. The molecule has 0 radical (unpaired) electrons. The van der Waals surface area contributed by atoms with Gasteiger partial charge >= 0.3 is 16.4 Å². The Morgan fingerprint density at radius 2 is 1.95 bits per heavy atom. The summed E-state index contributed by atoms with van der Waals surface area (Å²) in [4.78, 5) is 11.3. The van der Waals surface area contributed by atoms with Crippen LogP contribution in [0.4, 0.5) is 0 Å². The largest absolute Gasteiger partial charge is 0.463 e. The maximum Gasteiger partial charge on any atom is 0.446 e. The molecule has 0 aliphatic rings. The first-order valence-corrected chi connectivity index (χ1v) is 7.39. The molecular formula is C13H16O6S. The van der Waals surface area contributed by atoms with Crippen molar-refractivity contribution in [2.24, 2.45) is 0 Å². The lowest BCUT2D eigenvalue weighted by Crippen LogP contribution is -2.06. The van der Waals surface area contributed by atoms with Crippen molar-refractivity contribution >= 4 is 22.4 Å². The monoisotopic (exact) mass is 300 g/mol. The number of carbonyl (C=O) groups excluding carboxylic acids is 1. The Balaban J connectivity index is 2.54. The molecule has 0 aliphatic heterocycles. The molecule has 1 N–H and O–H groups in total. The first kappa shape index (κ1) is 16.2. The van der Waals surface area contributed by atoms with Gasteiger partial charge in [0.25, 0.3) is 0 Å². The summed E-state index contributed by atoms with van der Waals surface area (Å²) in [6.07, 6.45) is 4.59. The lowest BCUT2D eigenvalue weighted by molar-refractivity contribution is -0.137. The van der Waals surface area contributed by atoms with E-state index in [0.717, 1.165) is 12.8 Å². The average Bonchev–Trinajstić information content (AvgIpc) is 2.36. The first-order chi connectivity index (χ1) is 9.40. The summed E-state index contributed by atoms with van der Waals surface area (Å²) in [6, 6.07) is 5.79. The van der Waals surface area contributed by atoms with Crippen LogP contribution >= 0.6 is 0 Å². The minimum Gasteiger partial charge on any atom is -0.463 e. The predicted octanol–water partition coefficient (Wildman–Crippen LogP) is 2.22. The second-order valence-corrected chi connectivity index (χ2v) is 4.96. The Labute approximate surface area is 118 Å². The van der Waals surface area contributed by atoms with Crippen LogP contribution in [0.15, 0.2) is 30.3 Å². The molecule has 0 atom stereocenters. The van der Waals surface area contributed by atoms with Crippen LogP contribution in [0.1, 0.15) is 25.3 Å². The van der Waals surface area contributed by atoms with Gasteiger partial charge in [0.15, 0.2) is 0 Å². The third kappa shape index (κ3) is 6.91. The summed E-state index contributed by atoms with van der Waals surface area (Å²) in [6.45, 7) is 2.39. The van der Waals surface area contributed by atoms with Crippen LogP contribution in [0.5, 0.6) is 5.75 Å². The van der Waals surface area contributed by atoms with Gasteiger partial charge in [-0.1, -0.05) is 25.5 Å². The van der Waals surface area contributed by atoms with E-state index in [2.05, 4.69) is 4.18 Å². The topological polar surface area (TPSA) is 89.9 Å². The highest BCUT2D eigenvalue weighted by Gasteiger charge is 2.05. The Morgan fingerprint density at radius 1 is 1.30 bits per heavy atom. The van der Waals surface area contributed by atoms with E-state index in [-0.39, 0.29) is 5.75 Å². The van der Waals surface area contributed by atoms with Crippen molar-refractivity contribution in [2.75, 3.05) is 6.61 Å². The van der Waals surface area contributed by atoms with E-state index in [1.54, 1.807) is 0 Å². The molecule has 0 saturated heterocycles. The lowest BCUT2D eigenvalue weighted by atomic mass is 10.2. The van der Waals surface area contributed by atoms with E-state index < -0.39 is 16.4 Å². The van der Waals surface area contributed by atoms with E-state index in [0.29, 0.717) is 12.2 Å². The zero-order chi connectivity index (χ0) is 15.0. The first-order valence-electron chi connectivity index (χ1n) is 6.02. The van der Waals surface area contributed by atoms with Crippen LogP contribution < -0.4 is 4.18 Å². The second kappa shape index (κ2) is 7.66. The summed E-state index contributed by atoms with van der Waals surface area (Å²) in [7, 11) is -4.52. The summed E-state index contributed by atoms with van der Waals surface area (Å²) in [5.74, 6) is -0.452. The molecule has 1 aromatic rings. The zero-order valence-electron chi connectivity index (χ0n) is 11.0. The van der Waals surface area contributed by atoms with Crippen LogP contribution in [0.3, 0.4) is 0 Å². The van der Waals surface area contributed by atoms with E-state index in [1.165, 1.54) is 36.4 Å². The second-order valence-electron chi connectivity index (χ2n) is 3.93. The number of ether oxygens (including phenoxy) is 1. The minimum atomic E-state index is -4.52. The molecule has 0 spiro atoms. The van der Waals surface area contributed by atoms with Crippen molar-refractivity contribution < 1.29 is 26.7 Å². The van der Waals surface area contributed by atoms with Crippen LogP contribution in [-0.4, -0.2) is 25.5 Å². The van der Waals surface area contributed by atoms with Gasteiger partial charge < -0.3 is 8.92 Å². The van der Waals surface area contributed by atoms with Gasteiger partial charge in [-0.15, -0.1) is 0 Å². The smallest absolute Gasteiger partial charge is 0.446 e. The molecule has 0 amide bonds. The number of hydrogen-bond acceptors (Lipinski definition) is 5. The van der Waals surface area contributed by atoms with Crippen molar-refractivity contribution in [3.8, 4) is 5.75 Å². The number of esters is 1. The van der Waals surface area contributed by atoms with Crippen LogP contribution in [0, 0.1) is 0 Å². The van der Waals surface area contributed by atoms with Gasteiger partial charge in [0.05, 0.1) is 6.61 Å². The molecular weight excluding hydrogens is 284 g/mol. The summed E-state index contributed by atoms with van der Waals surface area (Å²) < 4.78 is 38.7. The molecule has 0 heterocycles. The van der Waals surface area contributed by atoms with Gasteiger partial charge in [-0.3, -0.25) is 4.55 Å². The van der Waals surface area contributed by atoms with E-state index in [4.69, 9.17) is 9.29 Å². The Kier molecular flexibility index (Phi) is 6.20. The van der Waals surface area contributed by atoms with Gasteiger partial charge in [-0.25, -0.2) is 4.79 Å². The summed E-state index contributed by atoms with van der Waals surface area (Å²) in [5.41, 5.74) is 0.667. The third-order valence-electron chi connectivity index (χ3n) is 2.24. The Bertz CT molecular complexity index is 559. The normalized spacial score (nSPS) is 11.5. The molecule has 110 valence electrons. The maximum absolute atomic E-state index is 11.3. The van der Waals surface area contributed by atoms with E-state index >= 15 is 0 Å². The molecule has 7 heteroatoms. The molecule has 0 bridgehead atoms. The fourth-order valence-corrected chi connectivity index (χ4v) is 1.64. The Hall–Kier alpha value is -1.86. The summed E-state index contributed by atoms with van der Waals surface area (Å²) in [5, 5.41) is 0. The zero-order valence-corrected chi connectivity index (χ0v) is 11.8. The quantitative estimate of drug-likeness (QED) is 0.359. The number of benzene rings is 1. The molecule has 6 nitrogen and oxygen atoms in total. The van der Waals surface area contributed by atoms with Gasteiger partial charge in [0.2, 0.25) is 0 Å². The van der Waals surface area contributed by atoms with Gasteiger partial charge in [0, 0.05) is 6.08 Å². The number of carbonyl (C=O) groups is 1. The molecule has 20 heavy (non-hydrogen) atoms. The highest BCUT2D eigenvalue weighted by Crippen LogP contribution is 2.14. The number of unbranched alkanes of at least 4 members (excludes halogenated alkanes) is 1. The molecule has 0 fully saturated rings. The molecule has 0 unspecified atom stereocenters. The van der Waals surface area contributed by atoms with Crippen molar-refractivity contribution in [1.29, 1.82) is 0 Å². The summed E-state index contributed by atoms with van der Waals surface area (Å²) >= 11 is 0. The molecule has 1 aromatic carbocycles. The van der Waals surface area contributed by atoms with Gasteiger partial charge in [0.1, 0.15) is 5.75 Å². The lowest BCUT2D eigenvalue weighted by Gasteiger charge is -2.01. The number of hydrogen-bond donors (Lipinski definition) is 1. The van der Waals surface area contributed by atoms with Crippen molar-refractivity contribution in [1.82, 2.24) is 0 Å². The molecule has 1 rings (SSSR count). The van der Waals surface area contributed by atoms with Crippen LogP contribution in [0.25, 0.3) is 6.08 Å². The number of rotatable bonds is 7. The SMILES string of the molecule is CCCCOC(=O)/C=C/c1ccc(OS(=O)(=O)O)cc1. The van der Waals surface area contributed by atoms with Gasteiger partial charge in [-0.05, 0) is 30.2 Å². The van der Waals surface area contributed by atoms with Crippen molar-refractivity contribution in [3.05, 3.63) is 35.9 Å². The van der Waals surface area contributed by atoms with Crippen LogP contribution in [0.2, 0.25) is 0 Å². The third-order valence-corrected chi connectivity index (χ3v) is 2.64. The molecule has 0 saturated carbocycles.